The van der Waals surface area contributed by atoms with Crippen LogP contribution in [0.15, 0.2) is 22.9 Å². The molecule has 1 spiro atoms. The standard InChI is InChI=1S/C19H23N5O6S2/c20-18-23-14-13(16(28)24-18)32-19(7-21-14)6-8(19)5-9-1-3-11(31-9)15(27)22-10(17(29)30)2-4-12(25)26/h1,3,8,10,18,21,23H,2,4-7,20H2,(H,22,27)(H,24,28)(H,25,26)(H,29,30)/t8-,10+,18?,19?/m1/s1. The van der Waals surface area contributed by atoms with Gasteiger partial charge < -0.3 is 31.5 Å². The topological polar surface area (TPSA) is 183 Å². The number of nitrogens with two attached hydrogens (primary N) is 1. The molecule has 1 saturated carbocycles. The number of carbonyl (C=O) groups excluding carboxylic acids is 2. The van der Waals surface area contributed by atoms with Crippen molar-refractivity contribution < 1.29 is 29.4 Å². The molecule has 0 radical (unpaired) electrons. The smallest absolute Gasteiger partial charge is 0.326 e. The Morgan fingerprint density at radius 3 is 2.78 bits per heavy atom. The maximum absolute atomic E-state index is 12.4. The minimum atomic E-state index is -1.27. The predicted molar refractivity (Wildman–Crippen MR) is 116 cm³/mol. The molecule has 2 amide bonds. The number of thioether (sulfide) groups is 1. The molecule has 1 fully saturated rings. The van der Waals surface area contributed by atoms with E-state index in [0.29, 0.717) is 28.1 Å². The summed E-state index contributed by atoms with van der Waals surface area (Å²) >= 11 is 2.84. The lowest BCUT2D eigenvalue weighted by Gasteiger charge is -2.34. The third-order valence-electron chi connectivity index (χ3n) is 5.65. The lowest BCUT2D eigenvalue weighted by molar-refractivity contribution is -0.140. The fourth-order valence-electron chi connectivity index (χ4n) is 3.85. The Hall–Kier alpha value is -2.77. The minimum absolute atomic E-state index is 0.0864. The average molecular weight is 482 g/mol. The summed E-state index contributed by atoms with van der Waals surface area (Å²) < 4.78 is -0.0864. The van der Waals surface area contributed by atoms with Crippen molar-refractivity contribution >= 4 is 46.9 Å². The zero-order chi connectivity index (χ0) is 23.0. The summed E-state index contributed by atoms with van der Waals surface area (Å²) in [5.74, 6) is -2.13. The number of amides is 2. The van der Waals surface area contributed by atoms with E-state index in [1.54, 1.807) is 17.8 Å². The Morgan fingerprint density at radius 1 is 1.28 bits per heavy atom. The molecule has 4 atom stereocenters. The van der Waals surface area contributed by atoms with Crippen LogP contribution < -0.4 is 27.0 Å². The second-order valence-corrected chi connectivity index (χ2v) is 10.6. The molecule has 4 rings (SSSR count). The van der Waals surface area contributed by atoms with E-state index in [1.165, 1.54) is 11.3 Å². The number of thiophene rings is 1. The van der Waals surface area contributed by atoms with Gasteiger partial charge in [0, 0.05) is 22.6 Å². The molecule has 3 heterocycles. The summed E-state index contributed by atoms with van der Waals surface area (Å²) in [6, 6.07) is 2.23. The van der Waals surface area contributed by atoms with Gasteiger partial charge in [0.1, 0.15) is 16.8 Å². The fraction of sp³-hybridized carbons (Fsp3) is 0.474. The highest BCUT2D eigenvalue weighted by Crippen LogP contribution is 2.59. The Bertz CT molecular complexity index is 1010. The molecule has 13 heteroatoms. The Labute approximate surface area is 191 Å². The second-order valence-electron chi connectivity index (χ2n) is 7.99. The first-order valence-corrected chi connectivity index (χ1v) is 11.6. The molecular formula is C19H23N5O6S2. The average Bonchev–Trinajstić information content (AvgIpc) is 3.14. The third kappa shape index (κ3) is 4.69. The lowest BCUT2D eigenvalue weighted by atomic mass is 10.1. The van der Waals surface area contributed by atoms with Gasteiger partial charge in [-0.05, 0) is 37.3 Å². The zero-order valence-electron chi connectivity index (χ0n) is 16.8. The van der Waals surface area contributed by atoms with Crippen molar-refractivity contribution in [3.8, 4) is 0 Å². The SMILES string of the molecule is NC1NC(=O)C2=C(NCC3(C[C@H]3Cc3ccc(C(=O)N[C@@H](CCC(=O)O)C(=O)O)s3)S2)N1. The normalized spacial score (nSPS) is 27.0. The number of carboxylic acids is 2. The van der Waals surface area contributed by atoms with Crippen molar-refractivity contribution in [2.75, 3.05) is 6.54 Å². The van der Waals surface area contributed by atoms with Crippen LogP contribution in [-0.4, -0.2) is 57.6 Å². The minimum Gasteiger partial charge on any atom is -0.481 e. The highest BCUT2D eigenvalue weighted by Gasteiger charge is 2.57. The second kappa shape index (κ2) is 8.64. The van der Waals surface area contributed by atoms with Gasteiger partial charge in [0.05, 0.1) is 4.88 Å². The van der Waals surface area contributed by atoms with E-state index in [4.69, 9.17) is 10.8 Å². The molecule has 2 unspecified atom stereocenters. The van der Waals surface area contributed by atoms with E-state index >= 15 is 0 Å². The molecule has 0 saturated heterocycles. The van der Waals surface area contributed by atoms with Crippen molar-refractivity contribution in [2.45, 2.75) is 42.8 Å². The number of hydrogen-bond donors (Lipinski definition) is 7. The van der Waals surface area contributed by atoms with Crippen molar-refractivity contribution in [3.05, 3.63) is 32.6 Å². The van der Waals surface area contributed by atoms with Gasteiger partial charge in [-0.25, -0.2) is 4.79 Å². The largest absolute Gasteiger partial charge is 0.481 e. The van der Waals surface area contributed by atoms with Gasteiger partial charge in [-0.2, -0.15) is 0 Å². The van der Waals surface area contributed by atoms with Crippen LogP contribution >= 0.6 is 23.1 Å². The molecule has 3 aliphatic rings. The first kappa shape index (κ1) is 22.4. The molecule has 172 valence electrons. The fourth-order valence-corrected chi connectivity index (χ4v) is 6.31. The van der Waals surface area contributed by atoms with Gasteiger partial charge in [0.15, 0.2) is 6.29 Å². The summed E-state index contributed by atoms with van der Waals surface area (Å²) in [4.78, 5) is 48.6. The van der Waals surface area contributed by atoms with Gasteiger partial charge in [-0.1, -0.05) is 0 Å². The molecule has 8 N–H and O–H groups in total. The molecular weight excluding hydrogens is 458 g/mol. The van der Waals surface area contributed by atoms with Gasteiger partial charge in [0.25, 0.3) is 11.8 Å². The van der Waals surface area contributed by atoms with E-state index in [1.807, 2.05) is 6.07 Å². The first-order valence-electron chi connectivity index (χ1n) is 10.0. The highest BCUT2D eigenvalue weighted by atomic mass is 32.2. The number of nitrogens with one attached hydrogen (secondary N) is 4. The third-order valence-corrected chi connectivity index (χ3v) is 8.40. The molecule has 11 nitrogen and oxygen atoms in total. The number of carboxylic acid groups (broad SMARTS) is 2. The van der Waals surface area contributed by atoms with Gasteiger partial charge in [-0.3, -0.25) is 20.1 Å². The van der Waals surface area contributed by atoms with Crippen molar-refractivity contribution in [1.82, 2.24) is 21.3 Å². The van der Waals surface area contributed by atoms with E-state index in [0.717, 1.165) is 17.7 Å². The predicted octanol–water partition coefficient (Wildman–Crippen LogP) is -0.436. The Kier molecular flexibility index (Phi) is 6.05. The molecule has 2 aliphatic heterocycles. The molecule has 1 aromatic heterocycles. The van der Waals surface area contributed by atoms with Crippen molar-refractivity contribution in [3.63, 3.8) is 0 Å². The van der Waals surface area contributed by atoms with E-state index in [-0.39, 0.29) is 23.5 Å². The monoisotopic (exact) mass is 481 g/mol. The van der Waals surface area contributed by atoms with Crippen LogP contribution in [0.4, 0.5) is 0 Å². The maximum atomic E-state index is 12.4. The summed E-state index contributed by atoms with van der Waals surface area (Å²) in [7, 11) is 0. The summed E-state index contributed by atoms with van der Waals surface area (Å²) in [6.07, 6.45) is 0.523. The first-order chi connectivity index (χ1) is 15.2. The summed E-state index contributed by atoms with van der Waals surface area (Å²) in [5.41, 5.74) is 5.73. The van der Waals surface area contributed by atoms with Crippen LogP contribution in [0, 0.1) is 5.92 Å². The van der Waals surface area contributed by atoms with Crippen LogP contribution in [-0.2, 0) is 20.8 Å². The van der Waals surface area contributed by atoms with Crippen LogP contribution in [0.5, 0.6) is 0 Å². The Morgan fingerprint density at radius 2 is 2.06 bits per heavy atom. The van der Waals surface area contributed by atoms with E-state index in [9.17, 15) is 24.3 Å². The van der Waals surface area contributed by atoms with E-state index in [2.05, 4.69) is 21.3 Å². The van der Waals surface area contributed by atoms with Crippen LogP contribution in [0.3, 0.4) is 0 Å². The van der Waals surface area contributed by atoms with Gasteiger partial charge in [0.2, 0.25) is 0 Å². The van der Waals surface area contributed by atoms with Crippen LogP contribution in [0.1, 0.15) is 33.8 Å². The van der Waals surface area contributed by atoms with Crippen molar-refractivity contribution in [2.24, 2.45) is 11.7 Å². The molecule has 1 aromatic rings. The van der Waals surface area contributed by atoms with Crippen LogP contribution in [0.25, 0.3) is 0 Å². The quantitative estimate of drug-likeness (QED) is 0.257. The number of hydrogen-bond acceptors (Lipinski definition) is 9. The summed E-state index contributed by atoms with van der Waals surface area (Å²) in [6.45, 7) is 0.705. The zero-order valence-corrected chi connectivity index (χ0v) is 18.5. The van der Waals surface area contributed by atoms with Gasteiger partial charge in [-0.15, -0.1) is 23.1 Å². The maximum Gasteiger partial charge on any atom is 0.326 e. The highest BCUT2D eigenvalue weighted by molar-refractivity contribution is 8.05. The molecule has 0 bridgehead atoms. The number of carbonyl (C=O) groups is 4. The summed E-state index contributed by atoms with van der Waals surface area (Å²) in [5, 5.41) is 29.3. The lowest BCUT2D eigenvalue weighted by Crippen LogP contribution is -2.59. The molecule has 1 aliphatic carbocycles. The molecule has 0 aromatic carbocycles. The number of aliphatic carboxylic acids is 2. The van der Waals surface area contributed by atoms with Crippen molar-refractivity contribution in [1.29, 1.82) is 0 Å². The van der Waals surface area contributed by atoms with Crippen LogP contribution in [0.2, 0.25) is 0 Å². The van der Waals surface area contributed by atoms with Gasteiger partial charge >= 0.3 is 11.9 Å². The number of rotatable bonds is 8. The molecule has 32 heavy (non-hydrogen) atoms. The van der Waals surface area contributed by atoms with E-state index < -0.39 is 30.2 Å². The Balaban J connectivity index is 1.34.